The molecule has 0 heterocycles. The second-order valence-electron chi connectivity index (χ2n) is 5.74. The highest BCUT2D eigenvalue weighted by molar-refractivity contribution is 5.96. The number of anilines is 1. The van der Waals surface area contributed by atoms with Crippen molar-refractivity contribution in [2.45, 2.75) is 13.5 Å². The van der Waals surface area contributed by atoms with Crippen LogP contribution in [-0.4, -0.2) is 31.6 Å². The van der Waals surface area contributed by atoms with Gasteiger partial charge in [0.05, 0.1) is 18.4 Å². The highest BCUT2D eigenvalue weighted by Crippen LogP contribution is 2.25. The van der Waals surface area contributed by atoms with Crippen LogP contribution in [0.25, 0.3) is 0 Å². The molecule has 0 saturated carbocycles. The van der Waals surface area contributed by atoms with E-state index >= 15 is 0 Å². The first kappa shape index (κ1) is 19.8. The number of primary amides is 1. The molecule has 27 heavy (non-hydrogen) atoms. The first-order chi connectivity index (χ1) is 12.9. The minimum atomic E-state index is -0.630. The summed E-state index contributed by atoms with van der Waals surface area (Å²) in [5.41, 5.74) is 7.52. The topological polar surface area (TPSA) is 120 Å². The third-order valence-corrected chi connectivity index (χ3v) is 3.62. The molecular formula is C19H21N3O5. The quantitative estimate of drug-likeness (QED) is 0.643. The van der Waals surface area contributed by atoms with Crippen molar-refractivity contribution in [2.24, 2.45) is 5.73 Å². The molecule has 0 unspecified atom stereocenters. The average Bonchev–Trinajstić information content (AvgIpc) is 2.65. The third-order valence-electron chi connectivity index (χ3n) is 3.62. The summed E-state index contributed by atoms with van der Waals surface area (Å²) in [4.78, 5) is 34.8. The second-order valence-corrected chi connectivity index (χ2v) is 5.74. The van der Waals surface area contributed by atoms with Crippen LogP contribution in [0.3, 0.4) is 0 Å². The number of esters is 1. The molecule has 0 bridgehead atoms. The molecule has 0 aromatic heterocycles. The summed E-state index contributed by atoms with van der Waals surface area (Å²) in [7, 11) is 1.50. The van der Waals surface area contributed by atoms with E-state index in [0.29, 0.717) is 17.0 Å². The number of nitrogens with one attached hydrogen (secondary N) is 2. The Morgan fingerprint density at radius 1 is 1.07 bits per heavy atom. The molecule has 0 fully saturated rings. The van der Waals surface area contributed by atoms with Gasteiger partial charge >= 0.3 is 12.0 Å². The summed E-state index contributed by atoms with van der Waals surface area (Å²) in [6, 6.07) is 11.1. The molecular weight excluding hydrogens is 350 g/mol. The van der Waals surface area contributed by atoms with E-state index in [1.807, 2.05) is 13.0 Å². The summed E-state index contributed by atoms with van der Waals surface area (Å²) in [6.07, 6.45) is 0. The number of ether oxygens (including phenoxy) is 2. The van der Waals surface area contributed by atoms with Crippen molar-refractivity contribution in [2.75, 3.05) is 19.0 Å². The zero-order valence-corrected chi connectivity index (χ0v) is 15.1. The van der Waals surface area contributed by atoms with E-state index in [1.165, 1.54) is 7.11 Å². The van der Waals surface area contributed by atoms with E-state index in [9.17, 15) is 14.4 Å². The Balaban J connectivity index is 1.88. The van der Waals surface area contributed by atoms with E-state index in [2.05, 4.69) is 10.6 Å². The lowest BCUT2D eigenvalue weighted by atomic mass is 10.1. The van der Waals surface area contributed by atoms with Gasteiger partial charge in [-0.2, -0.15) is 0 Å². The first-order valence-corrected chi connectivity index (χ1v) is 8.13. The number of urea groups is 1. The fourth-order valence-corrected chi connectivity index (χ4v) is 2.27. The van der Waals surface area contributed by atoms with Crippen molar-refractivity contribution in [3.8, 4) is 5.75 Å². The van der Waals surface area contributed by atoms with Gasteiger partial charge in [-0.1, -0.05) is 18.2 Å². The van der Waals surface area contributed by atoms with Crippen molar-refractivity contribution < 1.29 is 23.9 Å². The van der Waals surface area contributed by atoms with Crippen LogP contribution in [0.15, 0.2) is 42.5 Å². The lowest BCUT2D eigenvalue weighted by Crippen LogP contribution is -2.28. The Morgan fingerprint density at radius 3 is 2.41 bits per heavy atom. The second kappa shape index (κ2) is 9.23. The van der Waals surface area contributed by atoms with Crippen molar-refractivity contribution >= 4 is 23.6 Å². The zero-order chi connectivity index (χ0) is 19.8. The Labute approximate surface area is 156 Å². The standard InChI is InChI=1S/C19H21N3O5/c1-12-3-8-16(26-2)15(9-12)22-17(23)11-27-18(24)14-6-4-13(5-7-14)10-21-19(20)25/h3-9H,10-11H2,1-2H3,(H,22,23)(H3,20,21,25). The van der Waals surface area contributed by atoms with Crippen molar-refractivity contribution in [3.63, 3.8) is 0 Å². The normalized spacial score (nSPS) is 10.0. The van der Waals surface area contributed by atoms with Crippen molar-refractivity contribution in [3.05, 3.63) is 59.2 Å². The summed E-state index contributed by atoms with van der Waals surface area (Å²) in [5, 5.41) is 5.10. The number of nitrogens with two attached hydrogens (primary N) is 1. The Kier molecular flexibility index (Phi) is 6.76. The molecule has 0 aliphatic rings. The number of methoxy groups -OCH3 is 1. The molecule has 0 spiro atoms. The largest absolute Gasteiger partial charge is 0.495 e. The van der Waals surface area contributed by atoms with E-state index in [-0.39, 0.29) is 6.54 Å². The van der Waals surface area contributed by atoms with Gasteiger partial charge in [0.1, 0.15) is 5.75 Å². The lowest BCUT2D eigenvalue weighted by Gasteiger charge is -2.11. The van der Waals surface area contributed by atoms with Gasteiger partial charge in [0, 0.05) is 6.54 Å². The average molecular weight is 371 g/mol. The fraction of sp³-hybridized carbons (Fsp3) is 0.211. The molecule has 8 nitrogen and oxygen atoms in total. The van der Waals surface area contributed by atoms with Crippen LogP contribution in [-0.2, 0) is 16.1 Å². The van der Waals surface area contributed by atoms with E-state index < -0.39 is 24.5 Å². The fourth-order valence-electron chi connectivity index (χ4n) is 2.27. The molecule has 142 valence electrons. The number of rotatable bonds is 7. The van der Waals surface area contributed by atoms with Crippen LogP contribution >= 0.6 is 0 Å². The predicted molar refractivity (Wildman–Crippen MR) is 99.5 cm³/mol. The van der Waals surface area contributed by atoms with E-state index in [0.717, 1.165) is 11.1 Å². The Bertz CT molecular complexity index is 834. The number of carbonyl (C=O) groups is 3. The van der Waals surface area contributed by atoms with Gasteiger partial charge in [-0.25, -0.2) is 9.59 Å². The SMILES string of the molecule is COc1ccc(C)cc1NC(=O)COC(=O)c1ccc(CNC(N)=O)cc1. The monoisotopic (exact) mass is 371 g/mol. The van der Waals surface area contributed by atoms with Gasteiger partial charge in [-0.05, 0) is 42.3 Å². The number of hydrogen-bond acceptors (Lipinski definition) is 5. The number of carbonyl (C=O) groups excluding carboxylic acids is 3. The zero-order valence-electron chi connectivity index (χ0n) is 15.1. The van der Waals surface area contributed by atoms with E-state index in [1.54, 1.807) is 36.4 Å². The van der Waals surface area contributed by atoms with Crippen LogP contribution < -0.4 is 21.1 Å². The molecule has 0 aliphatic carbocycles. The molecule has 2 aromatic rings. The smallest absolute Gasteiger partial charge is 0.338 e. The highest BCUT2D eigenvalue weighted by atomic mass is 16.5. The Morgan fingerprint density at radius 2 is 1.78 bits per heavy atom. The van der Waals surface area contributed by atoms with Gasteiger partial charge in [0.2, 0.25) is 0 Å². The molecule has 0 saturated heterocycles. The van der Waals surface area contributed by atoms with Crippen LogP contribution in [0.1, 0.15) is 21.5 Å². The van der Waals surface area contributed by atoms with Gasteiger partial charge in [0.25, 0.3) is 5.91 Å². The summed E-state index contributed by atoms with van der Waals surface area (Å²) < 4.78 is 10.2. The van der Waals surface area contributed by atoms with Gasteiger partial charge in [-0.15, -0.1) is 0 Å². The molecule has 2 aromatic carbocycles. The summed E-state index contributed by atoms with van der Waals surface area (Å²) in [5.74, 6) is -0.592. The molecule has 0 atom stereocenters. The predicted octanol–water partition coefficient (Wildman–Crippen LogP) is 1.97. The maximum Gasteiger partial charge on any atom is 0.338 e. The van der Waals surface area contributed by atoms with Crippen LogP contribution in [0.2, 0.25) is 0 Å². The minimum absolute atomic E-state index is 0.255. The van der Waals surface area contributed by atoms with Gasteiger partial charge < -0.3 is 25.8 Å². The first-order valence-electron chi connectivity index (χ1n) is 8.13. The van der Waals surface area contributed by atoms with Gasteiger partial charge in [-0.3, -0.25) is 4.79 Å². The van der Waals surface area contributed by atoms with Crippen molar-refractivity contribution in [1.82, 2.24) is 5.32 Å². The molecule has 0 radical (unpaired) electrons. The van der Waals surface area contributed by atoms with Crippen LogP contribution in [0, 0.1) is 6.92 Å². The molecule has 4 N–H and O–H groups in total. The Hall–Kier alpha value is -3.55. The molecule has 0 aliphatic heterocycles. The lowest BCUT2D eigenvalue weighted by molar-refractivity contribution is -0.119. The maximum absolute atomic E-state index is 12.0. The number of benzene rings is 2. The van der Waals surface area contributed by atoms with Crippen LogP contribution in [0.5, 0.6) is 5.75 Å². The van der Waals surface area contributed by atoms with Crippen LogP contribution in [0.4, 0.5) is 10.5 Å². The molecule has 8 heteroatoms. The minimum Gasteiger partial charge on any atom is -0.495 e. The van der Waals surface area contributed by atoms with Crippen molar-refractivity contribution in [1.29, 1.82) is 0 Å². The summed E-state index contributed by atoms with van der Waals surface area (Å²) in [6.45, 7) is 1.71. The highest BCUT2D eigenvalue weighted by Gasteiger charge is 2.12. The van der Waals surface area contributed by atoms with E-state index in [4.69, 9.17) is 15.2 Å². The third kappa shape index (κ3) is 6.03. The number of hydrogen-bond donors (Lipinski definition) is 3. The molecule has 3 amide bonds. The van der Waals surface area contributed by atoms with Gasteiger partial charge in [0.15, 0.2) is 6.61 Å². The number of aryl methyl sites for hydroxylation is 1. The summed E-state index contributed by atoms with van der Waals surface area (Å²) >= 11 is 0. The molecule has 2 rings (SSSR count). The number of amides is 3. The maximum atomic E-state index is 12.0.